The fraction of sp³-hybridized carbons (Fsp3) is 0.375. The lowest BCUT2D eigenvalue weighted by Crippen LogP contribution is -2.32. The molecular formula is C24H27Cl2F3N4O4S. The van der Waals surface area contributed by atoms with E-state index in [0.717, 1.165) is 6.07 Å². The van der Waals surface area contributed by atoms with E-state index in [1.54, 1.807) is 13.8 Å². The van der Waals surface area contributed by atoms with Crippen molar-refractivity contribution in [3.63, 3.8) is 0 Å². The summed E-state index contributed by atoms with van der Waals surface area (Å²) in [4.78, 5) is 12.8. The molecule has 1 amide bonds. The number of benzene rings is 2. The number of aromatic nitrogens is 3. The number of sulfone groups is 1. The zero-order chi connectivity index (χ0) is 27.6. The van der Waals surface area contributed by atoms with Crippen molar-refractivity contribution in [2.45, 2.75) is 32.5 Å². The second-order valence-corrected chi connectivity index (χ2v) is 11.6. The number of nitrogens with one attached hydrogen (secondary N) is 1. The third-order valence-electron chi connectivity index (χ3n) is 5.58. The summed E-state index contributed by atoms with van der Waals surface area (Å²) in [5.74, 6) is -0.558. The molecule has 0 aliphatic rings. The molecular weight excluding hydrogens is 568 g/mol. The molecule has 1 aromatic heterocycles. The first kappa shape index (κ1) is 31.4. The number of halogens is 5. The lowest BCUT2D eigenvalue weighted by molar-refractivity contribution is -0.137. The van der Waals surface area contributed by atoms with Crippen molar-refractivity contribution >= 4 is 39.8 Å². The van der Waals surface area contributed by atoms with Gasteiger partial charge in [-0.05, 0) is 38.1 Å². The molecule has 1 N–H and O–H groups in total. The highest BCUT2D eigenvalue weighted by Crippen LogP contribution is 2.37. The van der Waals surface area contributed by atoms with Gasteiger partial charge in [-0.1, -0.05) is 36.7 Å². The smallest absolute Gasteiger partial charge is 0.417 e. The molecule has 208 valence electrons. The number of hydrogen-bond acceptors (Lipinski definition) is 6. The first-order chi connectivity index (χ1) is 17.2. The first-order valence-corrected chi connectivity index (χ1v) is 13.4. The van der Waals surface area contributed by atoms with Gasteiger partial charge in [0.15, 0.2) is 27.1 Å². The highest BCUT2D eigenvalue weighted by Gasteiger charge is 2.36. The summed E-state index contributed by atoms with van der Waals surface area (Å²) >= 11 is 6.08. The second-order valence-electron chi connectivity index (χ2n) is 8.69. The van der Waals surface area contributed by atoms with E-state index in [9.17, 15) is 26.4 Å². The Morgan fingerprint density at radius 2 is 1.79 bits per heavy atom. The van der Waals surface area contributed by atoms with Crippen LogP contribution in [0.4, 0.5) is 13.2 Å². The van der Waals surface area contributed by atoms with Crippen molar-refractivity contribution in [3.05, 3.63) is 64.4 Å². The van der Waals surface area contributed by atoms with Gasteiger partial charge in [-0.3, -0.25) is 4.79 Å². The third-order valence-corrected chi connectivity index (χ3v) is 7.52. The summed E-state index contributed by atoms with van der Waals surface area (Å²) in [6, 6.07) is 9.40. The number of ether oxygens (including phenoxy) is 1. The van der Waals surface area contributed by atoms with Gasteiger partial charge in [-0.15, -0.1) is 22.6 Å². The van der Waals surface area contributed by atoms with Gasteiger partial charge in [-0.2, -0.15) is 13.2 Å². The summed E-state index contributed by atoms with van der Waals surface area (Å²) in [6.07, 6.45) is -4.59. The summed E-state index contributed by atoms with van der Waals surface area (Å²) < 4.78 is 71.6. The Kier molecular flexibility index (Phi) is 9.84. The predicted octanol–water partition coefficient (Wildman–Crippen LogP) is 5.05. The number of nitrogens with zero attached hydrogens (tertiary/aromatic N) is 3. The zero-order valence-corrected chi connectivity index (χ0v) is 23.4. The van der Waals surface area contributed by atoms with Crippen LogP contribution < -0.4 is 10.1 Å². The fourth-order valence-electron chi connectivity index (χ4n) is 3.66. The van der Waals surface area contributed by atoms with Gasteiger partial charge in [0.05, 0.1) is 16.9 Å². The van der Waals surface area contributed by atoms with E-state index >= 15 is 0 Å². The molecule has 8 nitrogen and oxygen atoms in total. The third kappa shape index (κ3) is 7.17. The summed E-state index contributed by atoms with van der Waals surface area (Å²) in [7, 11) is -1.76. The maximum atomic E-state index is 13.6. The first-order valence-electron chi connectivity index (χ1n) is 11.2. The van der Waals surface area contributed by atoms with Crippen LogP contribution in [0.2, 0.25) is 5.02 Å². The summed E-state index contributed by atoms with van der Waals surface area (Å²) in [6.45, 7) is 4.67. The predicted molar refractivity (Wildman–Crippen MR) is 140 cm³/mol. The van der Waals surface area contributed by atoms with Crippen LogP contribution in [0.1, 0.15) is 42.5 Å². The van der Waals surface area contributed by atoms with Crippen molar-refractivity contribution in [3.8, 4) is 17.1 Å². The Bertz CT molecular complexity index is 1410. The molecule has 1 heterocycles. The largest absolute Gasteiger partial charge is 0.479 e. The highest BCUT2D eigenvalue weighted by molar-refractivity contribution is 7.91. The van der Waals surface area contributed by atoms with E-state index in [1.807, 2.05) is 0 Å². The average Bonchev–Trinajstić information content (AvgIpc) is 3.21. The van der Waals surface area contributed by atoms with Crippen LogP contribution in [0.3, 0.4) is 0 Å². The molecule has 0 saturated heterocycles. The van der Waals surface area contributed by atoms with Crippen LogP contribution in [0.5, 0.6) is 5.75 Å². The molecule has 38 heavy (non-hydrogen) atoms. The van der Waals surface area contributed by atoms with Crippen LogP contribution in [-0.4, -0.2) is 47.1 Å². The molecule has 0 aliphatic carbocycles. The van der Waals surface area contributed by atoms with Crippen molar-refractivity contribution in [2.24, 2.45) is 7.05 Å². The quantitative estimate of drug-likeness (QED) is 0.371. The van der Waals surface area contributed by atoms with Crippen molar-refractivity contribution in [2.75, 3.05) is 18.1 Å². The molecule has 0 bridgehead atoms. The second kappa shape index (κ2) is 11.9. The van der Waals surface area contributed by atoms with Gasteiger partial charge in [0.2, 0.25) is 0 Å². The van der Waals surface area contributed by atoms with E-state index in [1.165, 1.54) is 54.9 Å². The molecule has 0 aliphatic heterocycles. The lowest BCUT2D eigenvalue weighted by atomic mass is 10.1. The molecule has 3 aromatic rings. The minimum Gasteiger partial charge on any atom is -0.479 e. The van der Waals surface area contributed by atoms with Crippen molar-refractivity contribution in [1.82, 2.24) is 20.1 Å². The molecule has 0 atom stereocenters. The van der Waals surface area contributed by atoms with E-state index in [0.29, 0.717) is 0 Å². The minimum absolute atomic E-state index is 0. The number of carbonyl (C=O) groups excluding carboxylic acids is 1. The number of alkyl halides is 3. The minimum atomic E-state index is -4.59. The number of amides is 1. The number of hydrogen-bond donors (Lipinski definition) is 1. The van der Waals surface area contributed by atoms with Gasteiger partial charge in [-0.25, -0.2) is 8.42 Å². The molecule has 0 fully saturated rings. The van der Waals surface area contributed by atoms with Crippen molar-refractivity contribution < 1.29 is 31.1 Å². The summed E-state index contributed by atoms with van der Waals surface area (Å²) in [5.41, 5.74) is -2.18. The van der Waals surface area contributed by atoms with Gasteiger partial charge < -0.3 is 14.6 Å². The van der Waals surface area contributed by atoms with Crippen LogP contribution in [0.15, 0.2) is 42.5 Å². The maximum Gasteiger partial charge on any atom is 0.417 e. The Hall–Kier alpha value is -2.83. The number of carbonyl (C=O) groups is 1. The Balaban J connectivity index is 0.00000507. The lowest BCUT2D eigenvalue weighted by Gasteiger charge is -2.27. The normalized spacial score (nSPS) is 12.1. The van der Waals surface area contributed by atoms with Gasteiger partial charge in [0.25, 0.3) is 5.91 Å². The molecule has 0 spiro atoms. The van der Waals surface area contributed by atoms with Gasteiger partial charge in [0, 0.05) is 29.9 Å². The summed E-state index contributed by atoms with van der Waals surface area (Å²) in [5, 5.41) is 10.9. The number of rotatable bonds is 9. The van der Waals surface area contributed by atoms with Crippen LogP contribution in [-0.2, 0) is 28.7 Å². The highest BCUT2D eigenvalue weighted by atomic mass is 35.5. The Labute approximate surface area is 229 Å². The average molecular weight is 595 g/mol. The van der Waals surface area contributed by atoms with Gasteiger partial charge in [0.1, 0.15) is 5.75 Å². The van der Waals surface area contributed by atoms with Crippen LogP contribution in [0, 0.1) is 0 Å². The molecule has 2 aromatic carbocycles. The molecule has 14 heteroatoms. The Morgan fingerprint density at radius 1 is 1.13 bits per heavy atom. The van der Waals surface area contributed by atoms with E-state index < -0.39 is 33.1 Å². The monoisotopic (exact) mass is 594 g/mol. The molecule has 3 rings (SSSR count). The van der Waals surface area contributed by atoms with Crippen LogP contribution >= 0.6 is 24.0 Å². The van der Waals surface area contributed by atoms with Crippen molar-refractivity contribution in [1.29, 1.82) is 0 Å². The molecule has 0 unspecified atom stereocenters. The standard InChI is InChI=1S/C24H26ClF3N4O4S.ClH/c1-5-37(34,35)13-12-29-21(33)17-14-15(25)10-11-19(17)36-23(2,3)22-31-30-20(32(22)4)16-8-6-7-9-18(16)24(26,27)28;/h6-11,14H,5,12-13H2,1-4H3,(H,29,33);1H. The van der Waals surface area contributed by atoms with E-state index in [2.05, 4.69) is 15.5 Å². The molecule has 0 radical (unpaired) electrons. The fourth-order valence-corrected chi connectivity index (χ4v) is 4.54. The molecule has 0 saturated carbocycles. The maximum absolute atomic E-state index is 13.6. The SMILES string of the molecule is CCS(=O)(=O)CCNC(=O)c1cc(Cl)ccc1OC(C)(C)c1nnc(-c2ccccc2C(F)(F)F)n1C.Cl. The van der Waals surface area contributed by atoms with Crippen LogP contribution in [0.25, 0.3) is 11.4 Å². The van der Waals surface area contributed by atoms with E-state index in [-0.39, 0.29) is 64.0 Å². The van der Waals surface area contributed by atoms with E-state index in [4.69, 9.17) is 16.3 Å². The topological polar surface area (TPSA) is 103 Å². The zero-order valence-electron chi connectivity index (χ0n) is 21.0. The van der Waals surface area contributed by atoms with Gasteiger partial charge >= 0.3 is 6.18 Å². The Morgan fingerprint density at radius 3 is 2.42 bits per heavy atom.